The highest BCUT2D eigenvalue weighted by Crippen LogP contribution is 2.42. The predicted molar refractivity (Wildman–Crippen MR) is 52.7 cm³/mol. The maximum absolute atomic E-state index is 11.1. The quantitative estimate of drug-likeness (QED) is 0.683. The van der Waals surface area contributed by atoms with Gasteiger partial charge in [-0.25, -0.2) is 4.79 Å². The van der Waals surface area contributed by atoms with Crippen molar-refractivity contribution in [3.8, 4) is 0 Å². The molecule has 0 saturated heterocycles. The number of urea groups is 1. The van der Waals surface area contributed by atoms with Crippen LogP contribution in [0.4, 0.5) is 10.5 Å². The van der Waals surface area contributed by atoms with Gasteiger partial charge in [0, 0.05) is 4.90 Å². The molecule has 3 nitrogen and oxygen atoms in total. The van der Waals surface area contributed by atoms with Gasteiger partial charge in [0.15, 0.2) is 0 Å². The van der Waals surface area contributed by atoms with Crippen LogP contribution in [-0.4, -0.2) is 11.4 Å². The highest BCUT2D eigenvalue weighted by Gasteiger charge is 2.29. The monoisotopic (exact) mass is 193 g/mol. The number of fused-ring (bicyclic) bond motifs is 1. The van der Waals surface area contributed by atoms with Crippen LogP contribution in [0.5, 0.6) is 0 Å². The van der Waals surface area contributed by atoms with Crippen molar-refractivity contribution in [2.24, 2.45) is 5.73 Å². The van der Waals surface area contributed by atoms with Gasteiger partial charge < -0.3 is 5.73 Å². The third kappa shape index (κ3) is 1.27. The Morgan fingerprint density at radius 2 is 2.54 bits per heavy atom. The Kier molecular flexibility index (Phi) is 1.92. The average Bonchev–Trinajstić information content (AvgIpc) is 2.39. The number of amides is 2. The number of hydrogen-bond donors (Lipinski definition) is 1. The van der Waals surface area contributed by atoms with Crippen LogP contribution in [0.15, 0.2) is 23.1 Å². The summed E-state index contributed by atoms with van der Waals surface area (Å²) in [4.78, 5) is 13.8. The van der Waals surface area contributed by atoms with Crippen molar-refractivity contribution in [3.63, 3.8) is 0 Å². The van der Waals surface area contributed by atoms with Gasteiger partial charge in [-0.2, -0.15) is 0 Å². The van der Waals surface area contributed by atoms with Gasteiger partial charge in [-0.1, -0.05) is 17.8 Å². The lowest BCUT2D eigenvalue weighted by Gasteiger charge is -2.18. The zero-order chi connectivity index (χ0) is 9.42. The van der Waals surface area contributed by atoms with Crippen molar-refractivity contribution in [2.75, 3.05) is 4.90 Å². The van der Waals surface area contributed by atoms with E-state index in [1.54, 1.807) is 22.7 Å². The molecule has 4 heteroatoms. The normalized spacial score (nSPS) is 20.1. The SMILES string of the molecule is CC1Sc2cc[c]cc2N1C(N)=O. The van der Waals surface area contributed by atoms with E-state index in [4.69, 9.17) is 5.73 Å². The van der Waals surface area contributed by atoms with E-state index in [1.807, 2.05) is 19.1 Å². The number of rotatable bonds is 0. The Bertz CT molecular complexity index is 353. The number of benzene rings is 1. The topological polar surface area (TPSA) is 46.3 Å². The summed E-state index contributed by atoms with van der Waals surface area (Å²) >= 11 is 1.63. The van der Waals surface area contributed by atoms with E-state index in [1.165, 1.54) is 0 Å². The molecule has 0 aliphatic carbocycles. The molecule has 0 fully saturated rings. The van der Waals surface area contributed by atoms with Crippen LogP contribution < -0.4 is 10.6 Å². The van der Waals surface area contributed by atoms with Crippen molar-refractivity contribution >= 4 is 23.5 Å². The van der Waals surface area contributed by atoms with Crippen molar-refractivity contribution < 1.29 is 4.79 Å². The molecule has 0 aromatic heterocycles. The average molecular weight is 193 g/mol. The summed E-state index contributed by atoms with van der Waals surface area (Å²) in [6.45, 7) is 1.95. The second-order valence-electron chi connectivity index (χ2n) is 2.82. The number of nitrogens with zero attached hydrogens (tertiary/aromatic N) is 1. The molecule has 2 rings (SSSR count). The molecule has 1 radical (unpaired) electrons. The first-order chi connectivity index (χ1) is 6.20. The van der Waals surface area contributed by atoms with Crippen molar-refractivity contribution in [1.29, 1.82) is 0 Å². The van der Waals surface area contributed by atoms with E-state index in [2.05, 4.69) is 6.07 Å². The number of primary amides is 1. The third-order valence-electron chi connectivity index (χ3n) is 1.96. The Morgan fingerprint density at radius 3 is 3.23 bits per heavy atom. The maximum Gasteiger partial charge on any atom is 0.320 e. The van der Waals surface area contributed by atoms with Crippen molar-refractivity contribution in [1.82, 2.24) is 0 Å². The minimum Gasteiger partial charge on any atom is -0.351 e. The summed E-state index contributed by atoms with van der Waals surface area (Å²) in [5, 5.41) is 0.0864. The van der Waals surface area contributed by atoms with Gasteiger partial charge in [0.05, 0.1) is 11.1 Å². The molecule has 13 heavy (non-hydrogen) atoms. The van der Waals surface area contributed by atoms with Gasteiger partial charge in [-0.05, 0) is 25.1 Å². The van der Waals surface area contributed by atoms with E-state index < -0.39 is 6.03 Å². The molecule has 2 amide bonds. The molecule has 1 atom stereocenters. The number of carbonyl (C=O) groups excluding carboxylic acids is 1. The predicted octanol–water partition coefficient (Wildman–Crippen LogP) is 1.82. The number of carbonyl (C=O) groups is 1. The molecule has 0 saturated carbocycles. The number of thioether (sulfide) groups is 1. The van der Waals surface area contributed by atoms with Crippen LogP contribution in [0.3, 0.4) is 0 Å². The van der Waals surface area contributed by atoms with E-state index in [-0.39, 0.29) is 5.37 Å². The van der Waals surface area contributed by atoms with E-state index in [0.717, 1.165) is 10.6 Å². The van der Waals surface area contributed by atoms with Gasteiger partial charge in [0.25, 0.3) is 0 Å². The Morgan fingerprint density at radius 1 is 1.77 bits per heavy atom. The molecule has 1 aliphatic rings. The molecule has 1 aromatic rings. The summed E-state index contributed by atoms with van der Waals surface area (Å²) in [6, 6.07) is 8.10. The van der Waals surface area contributed by atoms with Crippen molar-refractivity contribution in [3.05, 3.63) is 24.3 Å². The molecule has 0 bridgehead atoms. The fourth-order valence-corrected chi connectivity index (χ4v) is 2.54. The highest BCUT2D eigenvalue weighted by atomic mass is 32.2. The number of anilines is 1. The van der Waals surface area contributed by atoms with E-state index >= 15 is 0 Å². The molecular formula is C9H9N2OS. The molecule has 1 unspecified atom stereocenters. The molecule has 1 aromatic carbocycles. The van der Waals surface area contributed by atoms with Crippen LogP contribution in [0, 0.1) is 6.07 Å². The standard InChI is InChI=1S/C9H9N2OS/c1-6-11(9(10)12)7-4-2-3-5-8(7)13-6/h3-6H,1H3,(H2,10,12). The first-order valence-corrected chi connectivity index (χ1v) is 4.83. The van der Waals surface area contributed by atoms with Crippen molar-refractivity contribution in [2.45, 2.75) is 17.2 Å². The largest absolute Gasteiger partial charge is 0.351 e. The Balaban J connectivity index is 2.46. The first-order valence-electron chi connectivity index (χ1n) is 3.95. The Hall–Kier alpha value is -1.16. The van der Waals surface area contributed by atoms with Gasteiger partial charge in [0.1, 0.15) is 0 Å². The number of nitrogens with two attached hydrogens (primary N) is 1. The van der Waals surface area contributed by atoms with Gasteiger partial charge in [0.2, 0.25) is 0 Å². The van der Waals surface area contributed by atoms with Crippen LogP contribution in [0.2, 0.25) is 0 Å². The van der Waals surface area contributed by atoms with Crippen LogP contribution in [0.1, 0.15) is 6.92 Å². The third-order valence-corrected chi connectivity index (χ3v) is 3.11. The van der Waals surface area contributed by atoms with Gasteiger partial charge in [-0.15, -0.1) is 0 Å². The summed E-state index contributed by atoms with van der Waals surface area (Å²) in [7, 11) is 0. The van der Waals surface area contributed by atoms with Gasteiger partial charge in [-0.3, -0.25) is 4.90 Å². The summed E-state index contributed by atoms with van der Waals surface area (Å²) in [6.07, 6.45) is 0. The first kappa shape index (κ1) is 8.44. The fraction of sp³-hybridized carbons (Fsp3) is 0.222. The fourth-order valence-electron chi connectivity index (χ4n) is 1.43. The second kappa shape index (κ2) is 2.96. The minimum absolute atomic E-state index is 0.0864. The lowest BCUT2D eigenvalue weighted by molar-refractivity contribution is 0.254. The lowest BCUT2D eigenvalue weighted by Crippen LogP contribution is -2.38. The minimum atomic E-state index is -0.404. The van der Waals surface area contributed by atoms with Crippen LogP contribution >= 0.6 is 11.8 Å². The smallest absolute Gasteiger partial charge is 0.320 e. The summed E-state index contributed by atoms with van der Waals surface area (Å²) in [5.41, 5.74) is 6.13. The van der Waals surface area contributed by atoms with Gasteiger partial charge >= 0.3 is 6.03 Å². The lowest BCUT2D eigenvalue weighted by atomic mass is 10.3. The zero-order valence-corrected chi connectivity index (χ0v) is 7.97. The summed E-state index contributed by atoms with van der Waals surface area (Å²) < 4.78 is 0. The molecule has 1 heterocycles. The molecule has 2 N–H and O–H groups in total. The molecule has 1 aliphatic heterocycles. The highest BCUT2D eigenvalue weighted by molar-refractivity contribution is 8.00. The molecular weight excluding hydrogens is 184 g/mol. The second-order valence-corrected chi connectivity index (χ2v) is 4.18. The maximum atomic E-state index is 11.1. The zero-order valence-electron chi connectivity index (χ0n) is 7.15. The Labute approximate surface area is 80.9 Å². The number of hydrogen-bond acceptors (Lipinski definition) is 2. The van der Waals surface area contributed by atoms with E-state index in [9.17, 15) is 4.79 Å². The summed E-state index contributed by atoms with van der Waals surface area (Å²) in [5.74, 6) is 0. The molecule has 67 valence electrons. The molecule has 0 spiro atoms. The van der Waals surface area contributed by atoms with Crippen LogP contribution in [0.25, 0.3) is 0 Å². The van der Waals surface area contributed by atoms with Crippen LogP contribution in [-0.2, 0) is 0 Å². The van der Waals surface area contributed by atoms with E-state index in [0.29, 0.717) is 0 Å².